The van der Waals surface area contributed by atoms with E-state index in [1.807, 2.05) is 11.4 Å². The number of aromatic amines is 1. The first-order chi connectivity index (χ1) is 4.97. The Morgan fingerprint density at radius 3 is 2.82 bits per heavy atom. The number of hydrogen-bond donors (Lipinski definition) is 1. The van der Waals surface area contributed by atoms with Crippen molar-refractivity contribution in [3.8, 4) is 10.7 Å². The Labute approximate surface area is 90.2 Å². The number of H-pyrrole nitrogens is 1. The van der Waals surface area contributed by atoms with Crippen molar-refractivity contribution in [1.29, 1.82) is 0 Å². The van der Waals surface area contributed by atoms with Crippen LogP contribution in [0.4, 0.5) is 0 Å². The second-order valence-corrected chi connectivity index (χ2v) is 2.70. The molecule has 0 fully saturated rings. The van der Waals surface area contributed by atoms with Crippen molar-refractivity contribution in [1.82, 2.24) is 15.2 Å². The molecular weight excluding hydrogens is 169 g/mol. The van der Waals surface area contributed by atoms with E-state index in [9.17, 15) is 0 Å². The van der Waals surface area contributed by atoms with E-state index in [1.165, 1.54) is 0 Å². The third-order valence-electron chi connectivity index (χ3n) is 1.16. The van der Waals surface area contributed by atoms with Gasteiger partial charge in [0.1, 0.15) is 5.01 Å². The van der Waals surface area contributed by atoms with Gasteiger partial charge in [-0.1, -0.05) is 0 Å². The molecule has 0 spiro atoms. The first kappa shape index (κ1) is 8.93. The van der Waals surface area contributed by atoms with Crippen LogP contribution < -0.4 is 29.6 Å². The summed E-state index contributed by atoms with van der Waals surface area (Å²) in [4.78, 5) is 4.11. The van der Waals surface area contributed by atoms with Crippen LogP contribution in [0.25, 0.3) is 10.7 Å². The van der Waals surface area contributed by atoms with Gasteiger partial charge < -0.3 is 0 Å². The fraction of sp³-hybridized carbons (Fsp3) is 0. The topological polar surface area (TPSA) is 41.6 Å². The summed E-state index contributed by atoms with van der Waals surface area (Å²) in [6, 6.07) is 1.90. The minimum absolute atomic E-state index is 0. The third kappa shape index (κ3) is 1.90. The molecule has 0 bridgehead atoms. The molecular formula is C6H5N3NaS+. The molecule has 0 radical (unpaired) electrons. The van der Waals surface area contributed by atoms with Crippen molar-refractivity contribution in [2.24, 2.45) is 0 Å². The Bertz CT molecular complexity index is 257. The van der Waals surface area contributed by atoms with Crippen LogP contribution in [-0.4, -0.2) is 15.2 Å². The zero-order valence-electron chi connectivity index (χ0n) is 6.11. The van der Waals surface area contributed by atoms with Crippen LogP contribution >= 0.6 is 11.3 Å². The summed E-state index contributed by atoms with van der Waals surface area (Å²) in [5.74, 6) is 0. The van der Waals surface area contributed by atoms with E-state index in [1.54, 1.807) is 23.7 Å². The van der Waals surface area contributed by atoms with Crippen molar-refractivity contribution in [2.45, 2.75) is 0 Å². The van der Waals surface area contributed by atoms with Gasteiger partial charge in [0.15, 0.2) is 0 Å². The molecule has 5 heteroatoms. The average molecular weight is 174 g/mol. The van der Waals surface area contributed by atoms with Crippen LogP contribution in [0.3, 0.4) is 0 Å². The molecule has 2 rings (SSSR count). The van der Waals surface area contributed by atoms with Crippen LogP contribution in [0.1, 0.15) is 0 Å². The first-order valence-electron chi connectivity index (χ1n) is 2.86. The van der Waals surface area contributed by atoms with E-state index in [0.29, 0.717) is 0 Å². The van der Waals surface area contributed by atoms with Gasteiger partial charge in [-0.25, -0.2) is 4.98 Å². The Morgan fingerprint density at radius 2 is 2.27 bits per heavy atom. The predicted molar refractivity (Wildman–Crippen MR) is 39.7 cm³/mol. The molecule has 1 N–H and O–H groups in total. The maximum Gasteiger partial charge on any atom is 1.00 e. The van der Waals surface area contributed by atoms with Crippen molar-refractivity contribution in [3.05, 3.63) is 23.8 Å². The zero-order chi connectivity index (χ0) is 6.81. The van der Waals surface area contributed by atoms with Gasteiger partial charge in [-0.3, -0.25) is 5.10 Å². The molecule has 11 heavy (non-hydrogen) atoms. The van der Waals surface area contributed by atoms with Crippen molar-refractivity contribution in [3.63, 3.8) is 0 Å². The minimum atomic E-state index is 0. The molecule has 0 saturated carbocycles. The molecule has 0 aliphatic carbocycles. The van der Waals surface area contributed by atoms with E-state index in [2.05, 4.69) is 15.2 Å². The monoisotopic (exact) mass is 174 g/mol. The molecule has 0 amide bonds. The summed E-state index contributed by atoms with van der Waals surface area (Å²) >= 11 is 1.60. The first-order valence-corrected chi connectivity index (χ1v) is 3.74. The molecule has 0 aliphatic rings. The van der Waals surface area contributed by atoms with E-state index in [-0.39, 0.29) is 29.6 Å². The van der Waals surface area contributed by atoms with E-state index in [4.69, 9.17) is 0 Å². The summed E-state index contributed by atoms with van der Waals surface area (Å²) in [6.07, 6.45) is 3.50. The molecule has 3 nitrogen and oxygen atoms in total. The Balaban J connectivity index is 0.000000605. The molecule has 0 saturated heterocycles. The second kappa shape index (κ2) is 4.01. The minimum Gasteiger partial charge on any atom is -0.275 e. The number of thiazole rings is 1. The Hall–Kier alpha value is -0.160. The number of aromatic nitrogens is 3. The molecule has 2 heterocycles. The molecule has 0 aromatic carbocycles. The van der Waals surface area contributed by atoms with Crippen LogP contribution in [0.15, 0.2) is 23.8 Å². The summed E-state index contributed by atoms with van der Waals surface area (Å²) in [6.45, 7) is 0. The molecule has 2 aromatic heterocycles. The van der Waals surface area contributed by atoms with E-state index < -0.39 is 0 Å². The van der Waals surface area contributed by atoms with Gasteiger partial charge in [0.25, 0.3) is 0 Å². The van der Waals surface area contributed by atoms with Gasteiger partial charge in [0.05, 0.1) is 5.69 Å². The SMILES string of the molecule is [Na+].c1cc(-c2nccs2)[nH]n1. The predicted octanol–water partition coefficient (Wildman–Crippen LogP) is -1.46. The van der Waals surface area contributed by atoms with Gasteiger partial charge in [0.2, 0.25) is 0 Å². The van der Waals surface area contributed by atoms with Crippen LogP contribution in [-0.2, 0) is 0 Å². The molecule has 50 valence electrons. The maximum absolute atomic E-state index is 4.11. The summed E-state index contributed by atoms with van der Waals surface area (Å²) in [5.41, 5.74) is 0.981. The van der Waals surface area contributed by atoms with Gasteiger partial charge in [-0.05, 0) is 6.07 Å². The Morgan fingerprint density at radius 1 is 1.36 bits per heavy atom. The molecule has 0 unspecified atom stereocenters. The maximum atomic E-state index is 4.11. The van der Waals surface area contributed by atoms with Gasteiger partial charge in [-0.15, -0.1) is 11.3 Å². The Kier molecular flexibility index (Phi) is 3.26. The summed E-state index contributed by atoms with van der Waals surface area (Å²) < 4.78 is 0. The standard InChI is InChI=1S/C6H5N3S.Na/c1-2-8-9-5(1)6-7-3-4-10-6;/h1-4H,(H,8,9);/q;+1. The fourth-order valence-corrected chi connectivity index (χ4v) is 1.34. The van der Waals surface area contributed by atoms with Crippen LogP contribution in [0, 0.1) is 0 Å². The van der Waals surface area contributed by atoms with E-state index in [0.717, 1.165) is 10.7 Å². The van der Waals surface area contributed by atoms with Crippen molar-refractivity contribution < 1.29 is 29.6 Å². The van der Waals surface area contributed by atoms with Crippen molar-refractivity contribution in [2.75, 3.05) is 0 Å². The van der Waals surface area contributed by atoms with Gasteiger partial charge >= 0.3 is 29.6 Å². The third-order valence-corrected chi connectivity index (χ3v) is 1.97. The largest absolute Gasteiger partial charge is 1.00 e. The quantitative estimate of drug-likeness (QED) is 0.537. The zero-order valence-corrected chi connectivity index (χ0v) is 8.93. The van der Waals surface area contributed by atoms with E-state index >= 15 is 0 Å². The number of rotatable bonds is 1. The molecule has 2 aromatic rings. The summed E-state index contributed by atoms with van der Waals surface area (Å²) in [7, 11) is 0. The molecule has 0 aliphatic heterocycles. The van der Waals surface area contributed by atoms with Crippen LogP contribution in [0.2, 0.25) is 0 Å². The average Bonchev–Trinajstić information content (AvgIpc) is 2.59. The smallest absolute Gasteiger partial charge is 0.275 e. The molecule has 0 atom stereocenters. The number of nitrogens with one attached hydrogen (secondary N) is 1. The van der Waals surface area contributed by atoms with Crippen molar-refractivity contribution >= 4 is 11.3 Å². The second-order valence-electron chi connectivity index (χ2n) is 1.81. The van der Waals surface area contributed by atoms with Gasteiger partial charge in [-0.2, -0.15) is 5.10 Å². The van der Waals surface area contributed by atoms with Crippen LogP contribution in [0.5, 0.6) is 0 Å². The summed E-state index contributed by atoms with van der Waals surface area (Å²) in [5, 5.41) is 9.58. The number of hydrogen-bond acceptors (Lipinski definition) is 3. The normalized spacial score (nSPS) is 9.09. The number of nitrogens with zero attached hydrogens (tertiary/aromatic N) is 2. The fourth-order valence-electron chi connectivity index (χ4n) is 0.731. The van der Waals surface area contributed by atoms with Gasteiger partial charge in [0, 0.05) is 17.8 Å².